The van der Waals surface area contributed by atoms with Gasteiger partial charge in [-0.3, -0.25) is 4.90 Å². The van der Waals surface area contributed by atoms with Crippen molar-refractivity contribution in [3.63, 3.8) is 0 Å². The summed E-state index contributed by atoms with van der Waals surface area (Å²) in [5, 5.41) is 24.1. The summed E-state index contributed by atoms with van der Waals surface area (Å²) < 4.78 is 3.66. The summed E-state index contributed by atoms with van der Waals surface area (Å²) in [5.74, 6) is 0. The van der Waals surface area contributed by atoms with E-state index in [4.69, 9.17) is 0 Å². The Balaban J connectivity index is 1.39. The molecule has 0 aromatic carbocycles. The molecule has 0 bridgehead atoms. The average molecular weight is 355 g/mol. The highest BCUT2D eigenvalue weighted by molar-refractivity contribution is 5.75. The van der Waals surface area contributed by atoms with Gasteiger partial charge in [0.05, 0.1) is 24.5 Å². The van der Waals surface area contributed by atoms with Crippen LogP contribution in [0.15, 0.2) is 30.9 Å². The fraction of sp³-hybridized carbons (Fsp3) is 0.556. The molecule has 0 radical (unpaired) electrons. The molecule has 1 aliphatic heterocycles. The van der Waals surface area contributed by atoms with Crippen molar-refractivity contribution in [2.24, 2.45) is 0 Å². The van der Waals surface area contributed by atoms with Gasteiger partial charge in [-0.2, -0.15) is 5.10 Å². The van der Waals surface area contributed by atoms with Crippen molar-refractivity contribution in [1.82, 2.24) is 34.7 Å². The van der Waals surface area contributed by atoms with Crippen LogP contribution in [0, 0.1) is 0 Å². The third kappa shape index (κ3) is 3.47. The van der Waals surface area contributed by atoms with E-state index in [1.807, 2.05) is 17.1 Å². The lowest BCUT2D eigenvalue weighted by Gasteiger charge is -2.38. The summed E-state index contributed by atoms with van der Waals surface area (Å²) >= 11 is 0. The molecule has 4 rings (SSSR count). The summed E-state index contributed by atoms with van der Waals surface area (Å²) in [5.41, 5.74) is 1.41. The number of hydrogen-bond donors (Lipinski definition) is 1. The largest absolute Gasteiger partial charge is 0.388 e. The number of pyridine rings is 1. The highest BCUT2D eigenvalue weighted by atomic mass is 16.3. The molecule has 1 N–H and O–H groups in total. The number of fused-ring (bicyclic) bond motifs is 1. The van der Waals surface area contributed by atoms with Crippen LogP contribution in [0.25, 0.3) is 11.0 Å². The van der Waals surface area contributed by atoms with Gasteiger partial charge in [-0.15, -0.1) is 5.10 Å². The predicted molar refractivity (Wildman–Crippen MR) is 97.4 cm³/mol. The van der Waals surface area contributed by atoms with Gasteiger partial charge in [0.25, 0.3) is 0 Å². The minimum atomic E-state index is -0.704. The first kappa shape index (κ1) is 17.1. The number of nitrogens with zero attached hydrogens (tertiary/aromatic N) is 7. The Bertz CT molecular complexity index is 863. The summed E-state index contributed by atoms with van der Waals surface area (Å²) in [7, 11) is 0. The number of piperidine rings is 1. The van der Waals surface area contributed by atoms with E-state index in [0.717, 1.165) is 43.5 Å². The van der Waals surface area contributed by atoms with Crippen LogP contribution in [0.5, 0.6) is 0 Å². The topological polar surface area (TPSA) is 84.9 Å². The van der Waals surface area contributed by atoms with Crippen LogP contribution in [0.1, 0.15) is 38.3 Å². The zero-order chi connectivity index (χ0) is 18.1. The lowest BCUT2D eigenvalue weighted by atomic mass is 9.91. The molecule has 26 heavy (non-hydrogen) atoms. The molecule has 4 heterocycles. The highest BCUT2D eigenvalue weighted by Gasteiger charge is 2.33. The molecule has 0 spiro atoms. The SMILES string of the molecule is CC(C)n1ncc2cc(CN3CCC(O)(Cn4ccnn4)CC3)cnc21. The van der Waals surface area contributed by atoms with E-state index in [1.54, 1.807) is 17.1 Å². The van der Waals surface area contributed by atoms with E-state index < -0.39 is 5.60 Å². The van der Waals surface area contributed by atoms with Gasteiger partial charge in [-0.05, 0) is 38.3 Å². The maximum Gasteiger partial charge on any atom is 0.157 e. The molecule has 8 heteroatoms. The van der Waals surface area contributed by atoms with E-state index in [9.17, 15) is 5.11 Å². The second-order valence-corrected chi connectivity index (χ2v) is 7.54. The first-order valence-corrected chi connectivity index (χ1v) is 9.13. The third-order valence-electron chi connectivity index (χ3n) is 5.10. The lowest BCUT2D eigenvalue weighted by molar-refractivity contribution is -0.0383. The standard InChI is InChI=1S/C18H25N7O/c1-14(2)25-17-16(11-21-25)9-15(10-19-17)12-23-6-3-18(26,4-7-23)13-24-8-5-20-22-24/h5,8-11,14,26H,3-4,6-7,12-13H2,1-2H3. The normalized spacial score (nSPS) is 18.0. The van der Waals surface area contributed by atoms with Crippen LogP contribution in [-0.4, -0.2) is 58.5 Å². The van der Waals surface area contributed by atoms with Crippen LogP contribution < -0.4 is 0 Å². The van der Waals surface area contributed by atoms with Crippen molar-refractivity contribution in [3.05, 3.63) is 36.4 Å². The monoisotopic (exact) mass is 355 g/mol. The molecule has 0 amide bonds. The maximum absolute atomic E-state index is 10.8. The Labute approximate surface area is 152 Å². The highest BCUT2D eigenvalue weighted by Crippen LogP contribution is 2.25. The molecule has 1 aliphatic rings. The van der Waals surface area contributed by atoms with Crippen molar-refractivity contribution in [1.29, 1.82) is 0 Å². The predicted octanol–water partition coefficient (Wildman–Crippen LogP) is 1.63. The van der Waals surface area contributed by atoms with Gasteiger partial charge < -0.3 is 5.11 Å². The third-order valence-corrected chi connectivity index (χ3v) is 5.10. The van der Waals surface area contributed by atoms with Crippen molar-refractivity contribution < 1.29 is 5.11 Å². The molecule has 0 aliphatic carbocycles. The van der Waals surface area contributed by atoms with Gasteiger partial charge in [0.1, 0.15) is 0 Å². The maximum atomic E-state index is 10.8. The number of aliphatic hydroxyl groups is 1. The number of aromatic nitrogens is 6. The lowest BCUT2D eigenvalue weighted by Crippen LogP contribution is -2.46. The minimum Gasteiger partial charge on any atom is -0.388 e. The zero-order valence-corrected chi connectivity index (χ0v) is 15.3. The first-order chi connectivity index (χ1) is 12.5. The van der Waals surface area contributed by atoms with Gasteiger partial charge >= 0.3 is 0 Å². The van der Waals surface area contributed by atoms with Gasteiger partial charge in [0.15, 0.2) is 5.65 Å². The fourth-order valence-electron chi connectivity index (χ4n) is 3.61. The summed E-state index contributed by atoms with van der Waals surface area (Å²) in [6.45, 7) is 7.27. The molecule has 1 saturated heterocycles. The van der Waals surface area contributed by atoms with Crippen molar-refractivity contribution in [3.8, 4) is 0 Å². The first-order valence-electron chi connectivity index (χ1n) is 9.13. The Kier molecular flexibility index (Phi) is 4.46. The molecule has 0 atom stereocenters. The van der Waals surface area contributed by atoms with Crippen molar-refractivity contribution >= 4 is 11.0 Å². The summed E-state index contributed by atoms with van der Waals surface area (Å²) in [4.78, 5) is 6.98. The minimum absolute atomic E-state index is 0.301. The molecule has 8 nitrogen and oxygen atoms in total. The van der Waals surface area contributed by atoms with Crippen molar-refractivity contribution in [2.75, 3.05) is 13.1 Å². The Morgan fingerprint density at radius 2 is 2.04 bits per heavy atom. The Morgan fingerprint density at radius 1 is 1.23 bits per heavy atom. The summed E-state index contributed by atoms with van der Waals surface area (Å²) in [6, 6.07) is 2.47. The van der Waals surface area contributed by atoms with Gasteiger partial charge in [0, 0.05) is 43.5 Å². The molecule has 3 aromatic rings. The molecule has 3 aromatic heterocycles. The summed E-state index contributed by atoms with van der Waals surface area (Å²) in [6.07, 6.45) is 8.73. The van der Waals surface area contributed by atoms with Gasteiger partial charge in [0.2, 0.25) is 0 Å². The number of likely N-dealkylation sites (tertiary alicyclic amines) is 1. The van der Waals surface area contributed by atoms with E-state index in [0.29, 0.717) is 12.6 Å². The molecule has 1 fully saturated rings. The van der Waals surface area contributed by atoms with Crippen LogP contribution in [0.3, 0.4) is 0 Å². The van der Waals surface area contributed by atoms with Gasteiger partial charge in [-0.25, -0.2) is 14.3 Å². The van der Waals surface area contributed by atoms with Crippen LogP contribution in [-0.2, 0) is 13.1 Å². The van der Waals surface area contributed by atoms with Crippen LogP contribution in [0.4, 0.5) is 0 Å². The zero-order valence-electron chi connectivity index (χ0n) is 15.3. The van der Waals surface area contributed by atoms with Crippen LogP contribution >= 0.6 is 0 Å². The van der Waals surface area contributed by atoms with Crippen LogP contribution in [0.2, 0.25) is 0 Å². The number of hydrogen-bond acceptors (Lipinski definition) is 6. The quantitative estimate of drug-likeness (QED) is 0.749. The smallest absolute Gasteiger partial charge is 0.157 e. The molecular weight excluding hydrogens is 330 g/mol. The average Bonchev–Trinajstić information content (AvgIpc) is 3.26. The number of rotatable bonds is 5. The molecular formula is C18H25N7O. The Morgan fingerprint density at radius 3 is 2.73 bits per heavy atom. The molecule has 0 unspecified atom stereocenters. The van der Waals surface area contributed by atoms with E-state index in [2.05, 4.69) is 45.2 Å². The fourth-order valence-corrected chi connectivity index (χ4v) is 3.61. The van der Waals surface area contributed by atoms with E-state index >= 15 is 0 Å². The van der Waals surface area contributed by atoms with Gasteiger partial charge in [-0.1, -0.05) is 5.21 Å². The van der Waals surface area contributed by atoms with E-state index in [1.165, 1.54) is 5.56 Å². The second kappa shape index (κ2) is 6.77. The second-order valence-electron chi connectivity index (χ2n) is 7.54. The van der Waals surface area contributed by atoms with Crippen molar-refractivity contribution in [2.45, 2.75) is 51.4 Å². The molecule has 138 valence electrons. The van der Waals surface area contributed by atoms with E-state index in [-0.39, 0.29) is 0 Å². The Hall–Kier alpha value is -2.32. The molecule has 0 saturated carbocycles.